The van der Waals surface area contributed by atoms with E-state index in [1.165, 1.54) is 12.1 Å². The Morgan fingerprint density at radius 3 is 2.95 bits per heavy atom. The Morgan fingerprint density at radius 1 is 1.36 bits per heavy atom. The number of aryl methyl sites for hydroxylation is 1. The molecule has 0 radical (unpaired) electrons. The number of anilines is 1. The van der Waals surface area contributed by atoms with Gasteiger partial charge in [-0.3, -0.25) is 10.1 Å². The Labute approximate surface area is 130 Å². The molecule has 22 heavy (non-hydrogen) atoms. The van der Waals surface area contributed by atoms with Crippen LogP contribution in [0.15, 0.2) is 36.8 Å². The second-order valence-electron chi connectivity index (χ2n) is 4.77. The van der Waals surface area contributed by atoms with Gasteiger partial charge in [0.25, 0.3) is 5.69 Å². The normalized spacial score (nSPS) is 10.8. The molecule has 112 valence electrons. The van der Waals surface area contributed by atoms with Crippen LogP contribution in [0.1, 0.15) is 5.56 Å². The van der Waals surface area contributed by atoms with Gasteiger partial charge < -0.3 is 9.88 Å². The molecule has 0 aliphatic carbocycles. The molecule has 2 heterocycles. The summed E-state index contributed by atoms with van der Waals surface area (Å²) in [5, 5.41) is 14.6. The maximum Gasteiger partial charge on any atom is 0.274 e. The summed E-state index contributed by atoms with van der Waals surface area (Å²) in [4.78, 5) is 19.2. The number of hydrogen-bond acceptors (Lipinski definition) is 5. The highest BCUT2D eigenvalue weighted by Crippen LogP contribution is 2.25. The van der Waals surface area contributed by atoms with Gasteiger partial charge in [0.05, 0.1) is 22.3 Å². The van der Waals surface area contributed by atoms with Crippen molar-refractivity contribution in [3.05, 3.63) is 57.5 Å². The van der Waals surface area contributed by atoms with E-state index in [1.54, 1.807) is 18.6 Å². The maximum atomic E-state index is 11.1. The number of nitro benzene ring substituents is 1. The fraction of sp³-hybridized carbons (Fsp3) is 0.143. The van der Waals surface area contributed by atoms with Gasteiger partial charge in [-0.25, -0.2) is 9.97 Å². The first kappa shape index (κ1) is 14.3. The number of rotatable bonds is 4. The molecule has 0 aliphatic rings. The molecular weight excluding hydrogens is 306 g/mol. The van der Waals surface area contributed by atoms with Crippen molar-refractivity contribution >= 4 is 34.1 Å². The summed E-state index contributed by atoms with van der Waals surface area (Å²) in [6.45, 7) is 0.236. The lowest BCUT2D eigenvalue weighted by molar-refractivity contribution is -0.385. The zero-order valence-electron chi connectivity index (χ0n) is 11.7. The second-order valence-corrected chi connectivity index (χ2v) is 5.20. The van der Waals surface area contributed by atoms with Crippen LogP contribution in [0.25, 0.3) is 11.0 Å². The number of pyridine rings is 1. The summed E-state index contributed by atoms with van der Waals surface area (Å²) in [7, 11) is 1.89. The molecule has 0 amide bonds. The van der Waals surface area contributed by atoms with Gasteiger partial charge in [-0.2, -0.15) is 0 Å². The molecular formula is C14H12ClN5O2. The number of fused-ring (bicyclic) bond motifs is 1. The minimum atomic E-state index is -0.428. The van der Waals surface area contributed by atoms with E-state index in [2.05, 4.69) is 15.3 Å². The summed E-state index contributed by atoms with van der Waals surface area (Å²) in [6, 6.07) is 6.33. The molecule has 0 saturated heterocycles. The molecule has 0 atom stereocenters. The first-order valence-electron chi connectivity index (χ1n) is 6.49. The first-order chi connectivity index (χ1) is 10.6. The Kier molecular flexibility index (Phi) is 3.64. The average molecular weight is 318 g/mol. The highest BCUT2D eigenvalue weighted by molar-refractivity contribution is 6.30. The average Bonchev–Trinajstić information content (AvgIpc) is 2.87. The summed E-state index contributed by atoms with van der Waals surface area (Å²) in [6.07, 6.45) is 3.36. The van der Waals surface area contributed by atoms with Crippen molar-refractivity contribution < 1.29 is 4.92 Å². The van der Waals surface area contributed by atoms with Crippen molar-refractivity contribution in [2.24, 2.45) is 7.05 Å². The minimum absolute atomic E-state index is 0.0186. The maximum absolute atomic E-state index is 11.1. The molecule has 0 unspecified atom stereocenters. The summed E-state index contributed by atoms with van der Waals surface area (Å²) < 4.78 is 1.88. The van der Waals surface area contributed by atoms with E-state index in [1.807, 2.05) is 17.7 Å². The molecule has 7 nitrogen and oxygen atoms in total. The van der Waals surface area contributed by atoms with Crippen LogP contribution in [-0.4, -0.2) is 19.5 Å². The fourth-order valence-corrected chi connectivity index (χ4v) is 2.44. The Hall–Kier alpha value is -2.67. The lowest BCUT2D eigenvalue weighted by Gasteiger charge is -2.07. The van der Waals surface area contributed by atoms with Crippen molar-refractivity contribution in [3.63, 3.8) is 0 Å². The topological polar surface area (TPSA) is 85.9 Å². The van der Waals surface area contributed by atoms with Crippen molar-refractivity contribution in [2.45, 2.75) is 6.54 Å². The number of imidazole rings is 1. The largest absolute Gasteiger partial charge is 0.364 e. The van der Waals surface area contributed by atoms with E-state index in [0.29, 0.717) is 16.4 Å². The third-order valence-corrected chi connectivity index (χ3v) is 3.56. The number of nitrogens with zero attached hydrogens (tertiary/aromatic N) is 4. The van der Waals surface area contributed by atoms with Gasteiger partial charge in [0, 0.05) is 30.9 Å². The molecule has 0 bridgehead atoms. The van der Waals surface area contributed by atoms with Crippen LogP contribution in [0.3, 0.4) is 0 Å². The summed E-state index contributed by atoms with van der Waals surface area (Å²) in [5.74, 6) is 0.576. The third kappa shape index (κ3) is 2.58. The number of halogens is 1. The lowest BCUT2D eigenvalue weighted by Crippen LogP contribution is -2.05. The molecule has 8 heteroatoms. The Morgan fingerprint density at radius 2 is 2.18 bits per heavy atom. The zero-order valence-corrected chi connectivity index (χ0v) is 12.4. The summed E-state index contributed by atoms with van der Waals surface area (Å²) >= 11 is 5.92. The molecule has 0 saturated carbocycles. The third-order valence-electron chi connectivity index (χ3n) is 3.33. The quantitative estimate of drug-likeness (QED) is 0.590. The standard InChI is InChI=1S/C14H12ClN5O2/c1-19-8-18-13-12(19)4-5-16-14(13)17-7-9-6-10(15)2-3-11(9)20(21)22/h2-6,8H,7H2,1H3,(H,16,17). The summed E-state index contributed by atoms with van der Waals surface area (Å²) in [5.41, 5.74) is 2.16. The number of aromatic nitrogens is 3. The molecule has 1 aromatic carbocycles. The smallest absolute Gasteiger partial charge is 0.274 e. The Balaban J connectivity index is 1.91. The molecule has 0 fully saturated rings. The van der Waals surface area contributed by atoms with Gasteiger partial charge in [0.15, 0.2) is 5.82 Å². The minimum Gasteiger partial charge on any atom is -0.364 e. The van der Waals surface area contributed by atoms with E-state index >= 15 is 0 Å². The monoisotopic (exact) mass is 317 g/mol. The van der Waals surface area contributed by atoms with Gasteiger partial charge >= 0.3 is 0 Å². The van der Waals surface area contributed by atoms with Crippen molar-refractivity contribution in [2.75, 3.05) is 5.32 Å². The molecule has 3 aromatic rings. The van der Waals surface area contributed by atoms with Crippen LogP contribution >= 0.6 is 11.6 Å². The Bertz CT molecular complexity index is 862. The van der Waals surface area contributed by atoms with Crippen LogP contribution in [0.2, 0.25) is 5.02 Å². The van der Waals surface area contributed by atoms with E-state index in [0.717, 1.165) is 11.0 Å². The van der Waals surface area contributed by atoms with Crippen LogP contribution in [0.4, 0.5) is 11.5 Å². The highest BCUT2D eigenvalue weighted by atomic mass is 35.5. The van der Waals surface area contributed by atoms with Crippen LogP contribution in [0.5, 0.6) is 0 Å². The van der Waals surface area contributed by atoms with Crippen LogP contribution < -0.4 is 5.32 Å². The van der Waals surface area contributed by atoms with Crippen LogP contribution in [-0.2, 0) is 13.6 Å². The number of nitro groups is 1. The predicted molar refractivity (Wildman–Crippen MR) is 83.9 cm³/mol. The fourth-order valence-electron chi connectivity index (χ4n) is 2.24. The van der Waals surface area contributed by atoms with Gasteiger partial charge in [-0.05, 0) is 18.2 Å². The molecule has 1 N–H and O–H groups in total. The van der Waals surface area contributed by atoms with Gasteiger partial charge in [-0.15, -0.1) is 0 Å². The van der Waals surface area contributed by atoms with Crippen molar-refractivity contribution in [3.8, 4) is 0 Å². The van der Waals surface area contributed by atoms with Gasteiger partial charge in [0.2, 0.25) is 0 Å². The second kappa shape index (κ2) is 5.61. The first-order valence-corrected chi connectivity index (χ1v) is 6.87. The van der Waals surface area contributed by atoms with Crippen molar-refractivity contribution in [1.29, 1.82) is 0 Å². The SMILES string of the molecule is Cn1cnc2c(NCc3cc(Cl)ccc3[N+](=O)[O-])nccc21. The van der Waals surface area contributed by atoms with E-state index in [4.69, 9.17) is 11.6 Å². The van der Waals surface area contributed by atoms with E-state index in [9.17, 15) is 10.1 Å². The lowest BCUT2D eigenvalue weighted by atomic mass is 10.2. The van der Waals surface area contributed by atoms with Gasteiger partial charge in [0.1, 0.15) is 5.52 Å². The highest BCUT2D eigenvalue weighted by Gasteiger charge is 2.14. The predicted octanol–water partition coefficient (Wildman–Crippen LogP) is 3.14. The van der Waals surface area contributed by atoms with E-state index in [-0.39, 0.29) is 12.2 Å². The number of hydrogen-bond donors (Lipinski definition) is 1. The van der Waals surface area contributed by atoms with Crippen LogP contribution in [0, 0.1) is 10.1 Å². The molecule has 2 aromatic heterocycles. The van der Waals surface area contributed by atoms with E-state index < -0.39 is 4.92 Å². The molecule has 0 aliphatic heterocycles. The number of nitrogens with one attached hydrogen (secondary N) is 1. The zero-order chi connectivity index (χ0) is 15.7. The molecule has 0 spiro atoms. The number of benzene rings is 1. The van der Waals surface area contributed by atoms with Crippen molar-refractivity contribution in [1.82, 2.24) is 14.5 Å². The van der Waals surface area contributed by atoms with Gasteiger partial charge in [-0.1, -0.05) is 11.6 Å². The molecule has 3 rings (SSSR count).